The van der Waals surface area contributed by atoms with Crippen molar-refractivity contribution in [3.8, 4) is 0 Å². The Balaban J connectivity index is 2.88. The highest BCUT2D eigenvalue weighted by atomic mass is 35.5. The first-order chi connectivity index (χ1) is 6.45. The molecule has 4 nitrogen and oxygen atoms in total. The van der Waals surface area contributed by atoms with E-state index in [0.29, 0.717) is 0 Å². The van der Waals surface area contributed by atoms with E-state index < -0.39 is 29.3 Å². The first kappa shape index (κ1) is 10.8. The molecule has 1 heterocycles. The molecule has 2 N–H and O–H groups in total. The fraction of sp³-hybridized carbons (Fsp3) is 0.333. The normalized spacial score (nSPS) is 11.4. The number of hydrogen-bond acceptors (Lipinski definition) is 2. The van der Waals surface area contributed by atoms with Gasteiger partial charge in [-0.15, -0.1) is 11.6 Å². The highest BCUT2D eigenvalue weighted by Crippen LogP contribution is 2.32. The van der Waals surface area contributed by atoms with Crippen molar-refractivity contribution in [3.05, 3.63) is 11.9 Å². The van der Waals surface area contributed by atoms with Gasteiger partial charge in [-0.1, -0.05) is 0 Å². The van der Waals surface area contributed by atoms with Gasteiger partial charge in [-0.25, -0.2) is 0 Å². The van der Waals surface area contributed by atoms with Gasteiger partial charge >= 0.3 is 6.18 Å². The molecule has 0 aromatic carbocycles. The zero-order valence-electron chi connectivity index (χ0n) is 6.65. The summed E-state index contributed by atoms with van der Waals surface area (Å²) in [6, 6.07) is 0. The number of aromatic amines is 1. The Morgan fingerprint density at radius 1 is 1.64 bits per heavy atom. The summed E-state index contributed by atoms with van der Waals surface area (Å²) in [6.07, 6.45) is -3.71. The molecule has 0 aliphatic rings. The van der Waals surface area contributed by atoms with Crippen LogP contribution in [0.2, 0.25) is 0 Å². The highest BCUT2D eigenvalue weighted by molar-refractivity contribution is 6.29. The zero-order valence-corrected chi connectivity index (χ0v) is 7.41. The molecule has 0 aliphatic heterocycles. The number of carbonyl (C=O) groups excluding carboxylic acids is 1. The van der Waals surface area contributed by atoms with Crippen LogP contribution in [-0.2, 0) is 11.0 Å². The molecule has 0 saturated carbocycles. The minimum absolute atomic E-state index is 0.414. The smallest absolute Gasteiger partial charge is 0.322 e. The topological polar surface area (TPSA) is 57.8 Å². The van der Waals surface area contributed by atoms with Crippen molar-refractivity contribution in [2.45, 2.75) is 6.18 Å². The van der Waals surface area contributed by atoms with E-state index in [1.165, 1.54) is 0 Å². The Hall–Kier alpha value is -1.24. The molecule has 0 radical (unpaired) electrons. The summed E-state index contributed by atoms with van der Waals surface area (Å²) in [4.78, 5) is 10.7. The molecule has 0 atom stereocenters. The van der Waals surface area contributed by atoms with Crippen molar-refractivity contribution in [1.82, 2.24) is 10.2 Å². The molecule has 1 aromatic rings. The van der Waals surface area contributed by atoms with Gasteiger partial charge in [0.2, 0.25) is 5.91 Å². The van der Waals surface area contributed by atoms with Gasteiger partial charge < -0.3 is 5.32 Å². The van der Waals surface area contributed by atoms with E-state index in [2.05, 4.69) is 5.10 Å². The molecular formula is C6H5ClF3N3O. The summed E-state index contributed by atoms with van der Waals surface area (Å²) in [7, 11) is 0. The zero-order chi connectivity index (χ0) is 10.8. The third-order valence-electron chi connectivity index (χ3n) is 1.32. The standard InChI is InChI=1S/C6H5ClF3N3O/c7-1-4(14)12-3-2-11-13-5(3)6(8,9)10/h2H,1H2,(H,11,13)(H,12,14). The van der Waals surface area contributed by atoms with Crippen LogP contribution in [0.15, 0.2) is 6.20 Å². The molecular weight excluding hydrogens is 223 g/mol. The molecule has 1 amide bonds. The number of aromatic nitrogens is 2. The molecule has 78 valence electrons. The van der Waals surface area contributed by atoms with Crippen molar-refractivity contribution in [3.63, 3.8) is 0 Å². The maximum absolute atomic E-state index is 12.2. The molecule has 8 heteroatoms. The fourth-order valence-electron chi connectivity index (χ4n) is 0.781. The van der Waals surface area contributed by atoms with Gasteiger partial charge in [0.05, 0.1) is 11.9 Å². The van der Waals surface area contributed by atoms with Crippen molar-refractivity contribution in [1.29, 1.82) is 0 Å². The van der Waals surface area contributed by atoms with Crippen LogP contribution in [0.25, 0.3) is 0 Å². The predicted octanol–water partition coefficient (Wildman–Crippen LogP) is 1.61. The van der Waals surface area contributed by atoms with Crippen LogP contribution >= 0.6 is 11.6 Å². The molecule has 0 saturated heterocycles. The second kappa shape index (κ2) is 3.87. The lowest BCUT2D eigenvalue weighted by Crippen LogP contribution is -2.16. The number of anilines is 1. The van der Waals surface area contributed by atoms with Gasteiger partial charge in [-0.3, -0.25) is 9.89 Å². The molecule has 0 aliphatic carbocycles. The van der Waals surface area contributed by atoms with E-state index in [0.717, 1.165) is 6.20 Å². The summed E-state index contributed by atoms with van der Waals surface area (Å²) in [6.45, 7) is 0. The van der Waals surface area contributed by atoms with Crippen molar-refractivity contribution in [2.24, 2.45) is 0 Å². The lowest BCUT2D eigenvalue weighted by Gasteiger charge is -2.06. The van der Waals surface area contributed by atoms with E-state index >= 15 is 0 Å². The lowest BCUT2D eigenvalue weighted by molar-refractivity contribution is -0.140. The number of rotatable bonds is 2. The van der Waals surface area contributed by atoms with E-state index in [4.69, 9.17) is 11.6 Å². The fourth-order valence-corrected chi connectivity index (χ4v) is 0.847. The minimum atomic E-state index is -4.58. The number of nitrogens with zero attached hydrogens (tertiary/aromatic N) is 1. The maximum Gasteiger partial charge on any atom is 0.434 e. The van der Waals surface area contributed by atoms with Gasteiger partial charge in [0.25, 0.3) is 0 Å². The molecule has 0 bridgehead atoms. The van der Waals surface area contributed by atoms with Gasteiger partial charge in [0, 0.05) is 0 Å². The van der Waals surface area contributed by atoms with Crippen molar-refractivity contribution in [2.75, 3.05) is 11.2 Å². The summed E-state index contributed by atoms with van der Waals surface area (Å²) < 4.78 is 36.5. The Bertz CT molecular complexity index is 335. The molecule has 14 heavy (non-hydrogen) atoms. The van der Waals surface area contributed by atoms with E-state index in [-0.39, 0.29) is 0 Å². The van der Waals surface area contributed by atoms with Crippen LogP contribution < -0.4 is 5.32 Å². The molecule has 0 fully saturated rings. The molecule has 0 unspecified atom stereocenters. The summed E-state index contributed by atoms with van der Waals surface area (Å²) in [5.74, 6) is -1.14. The van der Waals surface area contributed by atoms with Crippen molar-refractivity contribution < 1.29 is 18.0 Å². The van der Waals surface area contributed by atoms with Gasteiger partial charge in [-0.2, -0.15) is 18.3 Å². The maximum atomic E-state index is 12.2. The summed E-state index contributed by atoms with van der Waals surface area (Å²) >= 11 is 5.11. The van der Waals surface area contributed by atoms with Crippen LogP contribution in [0.1, 0.15) is 5.69 Å². The second-order valence-corrected chi connectivity index (χ2v) is 2.61. The van der Waals surface area contributed by atoms with Crippen LogP contribution in [0.3, 0.4) is 0 Å². The predicted molar refractivity (Wildman–Crippen MR) is 42.9 cm³/mol. The monoisotopic (exact) mass is 227 g/mol. The first-order valence-electron chi connectivity index (χ1n) is 3.41. The average Bonchev–Trinajstić information content (AvgIpc) is 2.51. The number of halogens is 4. The number of alkyl halides is 4. The molecule has 1 rings (SSSR count). The number of hydrogen-bond donors (Lipinski definition) is 2. The third kappa shape index (κ3) is 2.38. The number of carbonyl (C=O) groups is 1. The highest BCUT2D eigenvalue weighted by Gasteiger charge is 2.36. The largest absolute Gasteiger partial charge is 0.434 e. The van der Waals surface area contributed by atoms with Gasteiger partial charge in [-0.05, 0) is 0 Å². The van der Waals surface area contributed by atoms with Crippen LogP contribution in [0, 0.1) is 0 Å². The molecule has 0 spiro atoms. The second-order valence-electron chi connectivity index (χ2n) is 2.34. The number of nitrogens with one attached hydrogen (secondary N) is 2. The summed E-state index contributed by atoms with van der Waals surface area (Å²) in [5, 5.41) is 6.88. The van der Waals surface area contributed by atoms with Crippen LogP contribution in [-0.4, -0.2) is 22.0 Å². The SMILES string of the molecule is O=C(CCl)Nc1cn[nH]c1C(F)(F)F. The quantitative estimate of drug-likeness (QED) is 0.754. The van der Waals surface area contributed by atoms with E-state index in [1.54, 1.807) is 5.10 Å². The van der Waals surface area contributed by atoms with Gasteiger partial charge in [0.1, 0.15) is 5.88 Å². The number of amides is 1. The minimum Gasteiger partial charge on any atom is -0.322 e. The Kier molecular flexibility index (Phi) is 3.00. The van der Waals surface area contributed by atoms with Crippen LogP contribution in [0.5, 0.6) is 0 Å². The Morgan fingerprint density at radius 3 is 2.79 bits per heavy atom. The average molecular weight is 228 g/mol. The van der Waals surface area contributed by atoms with E-state index in [1.807, 2.05) is 5.32 Å². The first-order valence-corrected chi connectivity index (χ1v) is 3.95. The van der Waals surface area contributed by atoms with Crippen LogP contribution in [0.4, 0.5) is 18.9 Å². The number of H-pyrrole nitrogens is 1. The summed E-state index contributed by atoms with van der Waals surface area (Å²) in [5.41, 5.74) is -1.53. The Morgan fingerprint density at radius 2 is 2.29 bits per heavy atom. The van der Waals surface area contributed by atoms with Crippen molar-refractivity contribution >= 4 is 23.2 Å². The lowest BCUT2D eigenvalue weighted by atomic mass is 10.3. The van der Waals surface area contributed by atoms with E-state index in [9.17, 15) is 18.0 Å². The molecule has 1 aromatic heterocycles. The van der Waals surface area contributed by atoms with Gasteiger partial charge in [0.15, 0.2) is 5.69 Å². The Labute approximate surface area is 81.4 Å². The third-order valence-corrected chi connectivity index (χ3v) is 1.56.